The summed E-state index contributed by atoms with van der Waals surface area (Å²) >= 11 is 5.47. The van der Waals surface area contributed by atoms with Gasteiger partial charge in [0.1, 0.15) is 0 Å². The molecule has 6 heteroatoms. The third kappa shape index (κ3) is 2.59. The fraction of sp³-hybridized carbons (Fsp3) is 0.833. The molecule has 0 bridgehead atoms. The molecule has 18 heavy (non-hydrogen) atoms. The minimum Gasteiger partial charge on any atom is -0.481 e. The maximum Gasteiger partial charge on any atom is 0.309 e. The number of piperazine rings is 1. The van der Waals surface area contributed by atoms with E-state index in [0.717, 1.165) is 37.8 Å². The van der Waals surface area contributed by atoms with Crippen LogP contribution in [0.25, 0.3) is 0 Å². The number of nitrogens with zero attached hydrogens (tertiary/aromatic N) is 2. The molecule has 1 unspecified atom stereocenters. The summed E-state index contributed by atoms with van der Waals surface area (Å²) in [7, 11) is 0. The second-order valence-electron chi connectivity index (χ2n) is 5.72. The summed E-state index contributed by atoms with van der Waals surface area (Å²) in [6, 6.07) is 0.458. The Hall–Kier alpha value is -0.880. The van der Waals surface area contributed by atoms with Gasteiger partial charge in [-0.3, -0.25) is 4.79 Å². The lowest BCUT2D eigenvalue weighted by atomic mass is 9.89. The Bertz CT molecular complexity index is 359. The Balaban J connectivity index is 1.91. The van der Waals surface area contributed by atoms with Crippen molar-refractivity contribution in [2.24, 2.45) is 5.41 Å². The quantitative estimate of drug-likeness (QED) is 0.720. The van der Waals surface area contributed by atoms with Crippen LogP contribution in [0.1, 0.15) is 20.3 Å². The lowest BCUT2D eigenvalue weighted by Gasteiger charge is -2.30. The molecule has 2 aliphatic heterocycles. The summed E-state index contributed by atoms with van der Waals surface area (Å²) in [6.45, 7) is 8.09. The van der Waals surface area contributed by atoms with Crippen LogP contribution in [0.15, 0.2) is 0 Å². The summed E-state index contributed by atoms with van der Waals surface area (Å²) in [5, 5.41) is 13.4. The minimum atomic E-state index is -0.744. The first-order valence-electron chi connectivity index (χ1n) is 6.41. The molecule has 1 atom stereocenters. The van der Waals surface area contributed by atoms with Crippen LogP contribution >= 0.6 is 12.2 Å². The van der Waals surface area contributed by atoms with E-state index in [-0.39, 0.29) is 0 Å². The summed E-state index contributed by atoms with van der Waals surface area (Å²) in [5.41, 5.74) is -0.684. The molecule has 5 nitrogen and oxygen atoms in total. The number of hydrogen-bond acceptors (Lipinski definition) is 3. The molecule has 2 rings (SSSR count). The van der Waals surface area contributed by atoms with Crippen molar-refractivity contribution in [3.8, 4) is 0 Å². The standard InChI is InChI=1S/C12H21N3O2S/c1-12(2,10(16)17)3-5-14-8-9-7-13-4-6-15(9)11(14)18/h9,13H,3-8H2,1-2H3,(H,16,17). The molecule has 0 aromatic carbocycles. The van der Waals surface area contributed by atoms with E-state index < -0.39 is 11.4 Å². The molecule has 2 fully saturated rings. The van der Waals surface area contributed by atoms with Crippen molar-refractivity contribution in [2.45, 2.75) is 26.3 Å². The molecule has 2 saturated heterocycles. The van der Waals surface area contributed by atoms with E-state index in [1.54, 1.807) is 13.8 Å². The summed E-state index contributed by atoms with van der Waals surface area (Å²) in [5.74, 6) is -0.744. The van der Waals surface area contributed by atoms with E-state index in [1.165, 1.54) is 0 Å². The van der Waals surface area contributed by atoms with Crippen molar-refractivity contribution in [3.05, 3.63) is 0 Å². The second-order valence-corrected chi connectivity index (χ2v) is 6.08. The van der Waals surface area contributed by atoms with Gasteiger partial charge in [-0.25, -0.2) is 0 Å². The predicted molar refractivity (Wildman–Crippen MR) is 73.6 cm³/mol. The third-order valence-corrected chi connectivity index (χ3v) is 4.38. The zero-order valence-corrected chi connectivity index (χ0v) is 11.8. The number of carboxylic acid groups (broad SMARTS) is 1. The van der Waals surface area contributed by atoms with Gasteiger partial charge in [-0.2, -0.15) is 0 Å². The predicted octanol–water partition coefficient (Wildman–Crippen LogP) is 0.362. The number of thiocarbonyl (C=S) groups is 1. The number of carboxylic acids is 1. The Labute approximate surface area is 113 Å². The van der Waals surface area contributed by atoms with E-state index in [4.69, 9.17) is 17.3 Å². The first kappa shape index (κ1) is 13.5. The Morgan fingerprint density at radius 3 is 2.94 bits per heavy atom. The van der Waals surface area contributed by atoms with Crippen LogP contribution in [0, 0.1) is 5.41 Å². The Kier molecular flexibility index (Phi) is 3.77. The molecule has 0 aromatic rings. The SMILES string of the molecule is CC(C)(CCN1CC2CNCCN2C1=S)C(=O)O. The number of fused-ring (bicyclic) bond motifs is 1. The van der Waals surface area contributed by atoms with E-state index in [2.05, 4.69) is 15.1 Å². The number of carbonyl (C=O) groups is 1. The van der Waals surface area contributed by atoms with E-state index >= 15 is 0 Å². The molecule has 2 aliphatic rings. The van der Waals surface area contributed by atoms with Crippen molar-refractivity contribution in [1.82, 2.24) is 15.1 Å². The highest BCUT2D eigenvalue weighted by Gasteiger charge is 2.36. The molecule has 102 valence electrons. The maximum atomic E-state index is 11.1. The number of rotatable bonds is 4. The average Bonchev–Trinajstić information content (AvgIpc) is 2.64. The van der Waals surface area contributed by atoms with Crippen molar-refractivity contribution < 1.29 is 9.90 Å². The molecular formula is C12H21N3O2S. The van der Waals surface area contributed by atoms with Gasteiger partial charge >= 0.3 is 5.97 Å². The van der Waals surface area contributed by atoms with Crippen LogP contribution in [-0.4, -0.2) is 64.8 Å². The van der Waals surface area contributed by atoms with Crippen molar-refractivity contribution in [1.29, 1.82) is 0 Å². The highest BCUT2D eigenvalue weighted by atomic mass is 32.1. The summed E-state index contributed by atoms with van der Waals surface area (Å²) in [6.07, 6.45) is 0.621. The van der Waals surface area contributed by atoms with Crippen LogP contribution in [0.2, 0.25) is 0 Å². The first-order valence-corrected chi connectivity index (χ1v) is 6.82. The third-order valence-electron chi connectivity index (χ3n) is 3.88. The summed E-state index contributed by atoms with van der Waals surface area (Å²) < 4.78 is 0. The fourth-order valence-electron chi connectivity index (χ4n) is 2.40. The lowest BCUT2D eigenvalue weighted by molar-refractivity contribution is -0.147. The Morgan fingerprint density at radius 1 is 1.61 bits per heavy atom. The minimum absolute atomic E-state index is 0.458. The van der Waals surface area contributed by atoms with E-state index in [9.17, 15) is 4.79 Å². The van der Waals surface area contributed by atoms with Crippen LogP contribution in [0.5, 0.6) is 0 Å². The van der Waals surface area contributed by atoms with Gasteiger partial charge in [0, 0.05) is 32.7 Å². The first-order chi connectivity index (χ1) is 8.42. The highest BCUT2D eigenvalue weighted by molar-refractivity contribution is 7.80. The molecule has 0 radical (unpaired) electrons. The molecule has 0 aliphatic carbocycles. The van der Waals surface area contributed by atoms with Gasteiger partial charge in [0.25, 0.3) is 0 Å². The second kappa shape index (κ2) is 5.01. The largest absolute Gasteiger partial charge is 0.481 e. The Morgan fingerprint density at radius 2 is 2.33 bits per heavy atom. The smallest absolute Gasteiger partial charge is 0.309 e. The van der Waals surface area contributed by atoms with Gasteiger partial charge in [-0.1, -0.05) is 0 Å². The maximum absolute atomic E-state index is 11.1. The molecule has 2 N–H and O–H groups in total. The zero-order chi connectivity index (χ0) is 13.3. The van der Waals surface area contributed by atoms with Gasteiger partial charge < -0.3 is 20.2 Å². The molecular weight excluding hydrogens is 250 g/mol. The van der Waals surface area contributed by atoms with Gasteiger partial charge in [0.05, 0.1) is 11.5 Å². The summed E-state index contributed by atoms with van der Waals surface area (Å²) in [4.78, 5) is 15.5. The number of aliphatic carboxylic acids is 1. The van der Waals surface area contributed by atoms with E-state index in [0.29, 0.717) is 12.5 Å². The fourth-order valence-corrected chi connectivity index (χ4v) is 2.80. The van der Waals surface area contributed by atoms with Crippen molar-refractivity contribution >= 4 is 23.3 Å². The van der Waals surface area contributed by atoms with Crippen LogP contribution in [-0.2, 0) is 4.79 Å². The zero-order valence-electron chi connectivity index (χ0n) is 11.0. The average molecular weight is 271 g/mol. The van der Waals surface area contributed by atoms with Crippen LogP contribution in [0.3, 0.4) is 0 Å². The van der Waals surface area contributed by atoms with Gasteiger partial charge in [-0.15, -0.1) is 0 Å². The monoisotopic (exact) mass is 271 g/mol. The van der Waals surface area contributed by atoms with Crippen molar-refractivity contribution in [3.63, 3.8) is 0 Å². The lowest BCUT2D eigenvalue weighted by Crippen LogP contribution is -2.49. The van der Waals surface area contributed by atoms with E-state index in [1.807, 2.05) is 0 Å². The number of hydrogen-bond donors (Lipinski definition) is 2. The van der Waals surface area contributed by atoms with Gasteiger partial charge in [0.2, 0.25) is 0 Å². The molecule has 0 saturated carbocycles. The topological polar surface area (TPSA) is 55.8 Å². The molecule has 0 aromatic heterocycles. The number of nitrogens with one attached hydrogen (secondary N) is 1. The van der Waals surface area contributed by atoms with Crippen LogP contribution in [0.4, 0.5) is 0 Å². The van der Waals surface area contributed by atoms with Crippen LogP contribution < -0.4 is 5.32 Å². The molecule has 0 spiro atoms. The highest BCUT2D eigenvalue weighted by Crippen LogP contribution is 2.24. The molecule has 0 amide bonds. The van der Waals surface area contributed by atoms with Crippen molar-refractivity contribution in [2.75, 3.05) is 32.7 Å². The normalized spacial score (nSPS) is 24.3. The van der Waals surface area contributed by atoms with Gasteiger partial charge in [-0.05, 0) is 32.5 Å². The molecule has 2 heterocycles. The van der Waals surface area contributed by atoms with Gasteiger partial charge in [0.15, 0.2) is 5.11 Å².